The van der Waals surface area contributed by atoms with Gasteiger partial charge in [0.1, 0.15) is 11.5 Å². The summed E-state index contributed by atoms with van der Waals surface area (Å²) in [5.41, 5.74) is 3.54. The maximum Gasteiger partial charge on any atom is 0.252 e. The topological polar surface area (TPSA) is 47.6 Å². The zero-order chi connectivity index (χ0) is 19.2. The van der Waals surface area contributed by atoms with Crippen LogP contribution in [0.25, 0.3) is 0 Å². The van der Waals surface area contributed by atoms with Crippen LogP contribution in [0.15, 0.2) is 72.8 Å². The number of rotatable bonds is 6. The van der Waals surface area contributed by atoms with Gasteiger partial charge in [-0.15, -0.1) is 0 Å². The number of carbonyl (C=O) groups excluding carboxylic acids is 1. The molecule has 0 saturated heterocycles. The van der Waals surface area contributed by atoms with Crippen molar-refractivity contribution in [1.82, 2.24) is 5.32 Å². The Morgan fingerprint density at radius 2 is 1.52 bits per heavy atom. The molecule has 0 aliphatic rings. The van der Waals surface area contributed by atoms with Crippen LogP contribution < -0.4 is 14.8 Å². The zero-order valence-electron chi connectivity index (χ0n) is 15.7. The molecule has 1 N–H and O–H groups in total. The summed E-state index contributed by atoms with van der Waals surface area (Å²) in [5.74, 6) is 1.32. The monoisotopic (exact) mass is 361 g/mol. The lowest BCUT2D eigenvalue weighted by Crippen LogP contribution is -2.29. The number of amides is 1. The number of benzene rings is 3. The fourth-order valence-corrected chi connectivity index (χ4v) is 2.98. The number of nitrogens with one attached hydrogen (secondary N) is 1. The molecule has 0 spiro atoms. The molecule has 1 unspecified atom stereocenters. The second-order valence-electron chi connectivity index (χ2n) is 6.27. The molecule has 0 aromatic heterocycles. The SMILES string of the molecule is COc1ccc(C(NC(=O)c2ccc(C)c(OC)c2)c2ccccc2)cc1. The molecule has 4 nitrogen and oxygen atoms in total. The lowest BCUT2D eigenvalue weighted by molar-refractivity contribution is 0.0942. The Morgan fingerprint density at radius 3 is 2.15 bits per heavy atom. The first-order chi connectivity index (χ1) is 13.1. The second kappa shape index (κ2) is 8.41. The van der Waals surface area contributed by atoms with Gasteiger partial charge in [-0.25, -0.2) is 0 Å². The van der Waals surface area contributed by atoms with E-state index < -0.39 is 0 Å². The van der Waals surface area contributed by atoms with E-state index in [1.165, 1.54) is 0 Å². The van der Waals surface area contributed by atoms with Crippen molar-refractivity contribution in [2.75, 3.05) is 14.2 Å². The predicted octanol–water partition coefficient (Wildman–Crippen LogP) is 4.53. The molecule has 27 heavy (non-hydrogen) atoms. The fourth-order valence-electron chi connectivity index (χ4n) is 2.98. The van der Waals surface area contributed by atoms with Crippen LogP contribution in [-0.4, -0.2) is 20.1 Å². The summed E-state index contributed by atoms with van der Waals surface area (Å²) in [6, 6.07) is 22.8. The van der Waals surface area contributed by atoms with Crippen molar-refractivity contribution in [2.45, 2.75) is 13.0 Å². The molecule has 4 heteroatoms. The highest BCUT2D eigenvalue weighted by Gasteiger charge is 2.18. The van der Waals surface area contributed by atoms with Gasteiger partial charge in [0.2, 0.25) is 0 Å². The molecule has 1 atom stereocenters. The van der Waals surface area contributed by atoms with Gasteiger partial charge >= 0.3 is 0 Å². The van der Waals surface area contributed by atoms with Gasteiger partial charge in [-0.1, -0.05) is 48.5 Å². The standard InChI is InChI=1S/C23H23NO3/c1-16-9-10-19(15-21(16)27-3)23(25)24-22(17-7-5-4-6-8-17)18-11-13-20(26-2)14-12-18/h4-15,22H,1-3H3,(H,24,25). The summed E-state index contributed by atoms with van der Waals surface area (Å²) in [6.07, 6.45) is 0. The van der Waals surface area contributed by atoms with E-state index in [-0.39, 0.29) is 11.9 Å². The van der Waals surface area contributed by atoms with Gasteiger partial charge in [0.25, 0.3) is 5.91 Å². The van der Waals surface area contributed by atoms with E-state index in [2.05, 4.69) is 5.32 Å². The minimum atomic E-state index is -0.267. The third kappa shape index (κ3) is 4.29. The Hall–Kier alpha value is -3.27. The number of hydrogen-bond acceptors (Lipinski definition) is 3. The number of methoxy groups -OCH3 is 2. The summed E-state index contributed by atoms with van der Waals surface area (Å²) in [4.78, 5) is 12.9. The Morgan fingerprint density at radius 1 is 0.852 bits per heavy atom. The summed E-state index contributed by atoms with van der Waals surface area (Å²) in [7, 11) is 3.24. The average molecular weight is 361 g/mol. The largest absolute Gasteiger partial charge is 0.497 e. The molecule has 3 aromatic rings. The summed E-state index contributed by atoms with van der Waals surface area (Å²) >= 11 is 0. The van der Waals surface area contributed by atoms with Crippen LogP contribution in [0.5, 0.6) is 11.5 Å². The second-order valence-corrected chi connectivity index (χ2v) is 6.27. The van der Waals surface area contributed by atoms with Crippen molar-refractivity contribution in [2.24, 2.45) is 0 Å². The highest BCUT2D eigenvalue weighted by molar-refractivity contribution is 5.95. The van der Waals surface area contributed by atoms with Gasteiger partial charge in [0.15, 0.2) is 0 Å². The molecule has 0 bridgehead atoms. The maximum atomic E-state index is 12.9. The van der Waals surface area contributed by atoms with Crippen LogP contribution in [-0.2, 0) is 0 Å². The first kappa shape index (κ1) is 18.5. The Labute approximate surface area is 159 Å². The third-order valence-corrected chi connectivity index (χ3v) is 4.53. The van der Waals surface area contributed by atoms with Crippen LogP contribution >= 0.6 is 0 Å². The minimum Gasteiger partial charge on any atom is -0.497 e. The molecule has 3 rings (SSSR count). The van der Waals surface area contributed by atoms with E-state index in [4.69, 9.17) is 9.47 Å². The Kier molecular flexibility index (Phi) is 5.77. The lowest BCUT2D eigenvalue weighted by atomic mass is 9.98. The van der Waals surface area contributed by atoms with Gasteiger partial charge in [-0.2, -0.15) is 0 Å². The van der Waals surface area contributed by atoms with E-state index in [0.717, 1.165) is 22.4 Å². The van der Waals surface area contributed by atoms with Crippen LogP contribution in [0, 0.1) is 6.92 Å². The first-order valence-electron chi connectivity index (χ1n) is 8.76. The molecule has 0 aliphatic carbocycles. The van der Waals surface area contributed by atoms with Crippen molar-refractivity contribution >= 4 is 5.91 Å². The third-order valence-electron chi connectivity index (χ3n) is 4.53. The molecule has 0 heterocycles. The smallest absolute Gasteiger partial charge is 0.252 e. The fraction of sp³-hybridized carbons (Fsp3) is 0.174. The van der Waals surface area contributed by atoms with Gasteiger partial charge in [0.05, 0.1) is 20.3 Å². The summed E-state index contributed by atoms with van der Waals surface area (Å²) in [5, 5.41) is 3.14. The van der Waals surface area contributed by atoms with E-state index in [1.807, 2.05) is 73.7 Å². The quantitative estimate of drug-likeness (QED) is 0.702. The maximum absolute atomic E-state index is 12.9. The average Bonchev–Trinajstić information content (AvgIpc) is 2.73. The first-order valence-corrected chi connectivity index (χ1v) is 8.76. The minimum absolute atomic E-state index is 0.155. The van der Waals surface area contributed by atoms with Crippen LogP contribution in [0.3, 0.4) is 0 Å². The number of carbonyl (C=O) groups is 1. The normalized spacial score (nSPS) is 11.5. The van der Waals surface area contributed by atoms with E-state index in [0.29, 0.717) is 11.3 Å². The molecule has 3 aromatic carbocycles. The van der Waals surface area contributed by atoms with Crippen LogP contribution in [0.2, 0.25) is 0 Å². The molecular formula is C23H23NO3. The molecule has 1 amide bonds. The van der Waals surface area contributed by atoms with Crippen LogP contribution in [0.1, 0.15) is 33.1 Å². The van der Waals surface area contributed by atoms with E-state index in [9.17, 15) is 4.79 Å². The molecule has 0 radical (unpaired) electrons. The molecular weight excluding hydrogens is 338 g/mol. The molecule has 0 aliphatic heterocycles. The summed E-state index contributed by atoms with van der Waals surface area (Å²) < 4.78 is 10.6. The summed E-state index contributed by atoms with van der Waals surface area (Å²) in [6.45, 7) is 1.95. The van der Waals surface area contributed by atoms with Crippen LogP contribution in [0.4, 0.5) is 0 Å². The number of ether oxygens (including phenoxy) is 2. The highest BCUT2D eigenvalue weighted by Crippen LogP contribution is 2.25. The van der Waals surface area contributed by atoms with Crippen molar-refractivity contribution in [3.05, 3.63) is 95.1 Å². The van der Waals surface area contributed by atoms with E-state index in [1.54, 1.807) is 20.3 Å². The molecule has 138 valence electrons. The number of aryl methyl sites for hydroxylation is 1. The van der Waals surface area contributed by atoms with Gasteiger partial charge < -0.3 is 14.8 Å². The zero-order valence-corrected chi connectivity index (χ0v) is 15.7. The Bertz CT molecular complexity index is 905. The number of hydrogen-bond donors (Lipinski definition) is 1. The van der Waals surface area contributed by atoms with Gasteiger partial charge in [-0.3, -0.25) is 4.79 Å². The van der Waals surface area contributed by atoms with Crippen molar-refractivity contribution in [3.63, 3.8) is 0 Å². The van der Waals surface area contributed by atoms with Crippen molar-refractivity contribution < 1.29 is 14.3 Å². The van der Waals surface area contributed by atoms with E-state index >= 15 is 0 Å². The molecule has 0 saturated carbocycles. The van der Waals surface area contributed by atoms with Gasteiger partial charge in [0, 0.05) is 5.56 Å². The Balaban J connectivity index is 1.92. The predicted molar refractivity (Wildman–Crippen MR) is 106 cm³/mol. The van der Waals surface area contributed by atoms with Crippen molar-refractivity contribution in [3.8, 4) is 11.5 Å². The lowest BCUT2D eigenvalue weighted by Gasteiger charge is -2.20. The van der Waals surface area contributed by atoms with Gasteiger partial charge in [-0.05, 0) is 47.9 Å². The molecule has 0 fully saturated rings. The highest BCUT2D eigenvalue weighted by atomic mass is 16.5. The van der Waals surface area contributed by atoms with Crippen molar-refractivity contribution in [1.29, 1.82) is 0 Å².